The van der Waals surface area contributed by atoms with E-state index in [0.29, 0.717) is 0 Å². The zero-order valence-corrected chi connectivity index (χ0v) is 18.9. The third-order valence-electron chi connectivity index (χ3n) is 4.52. The fraction of sp³-hybridized carbons (Fsp3) is 0.600. The van der Waals surface area contributed by atoms with Crippen LogP contribution in [0.15, 0.2) is 21.3 Å². The molecular weight excluding hydrogens is 416 g/mol. The van der Waals surface area contributed by atoms with E-state index in [0.717, 1.165) is 0 Å². The maximum Gasteiger partial charge on any atom is 0.0740 e. The molecule has 1 atom stereocenters. The van der Waals surface area contributed by atoms with Crippen molar-refractivity contribution in [3.8, 4) is 0 Å². The smallest absolute Gasteiger partial charge is 0.0740 e. The number of allylic oxidation sites excluding steroid dienone is 2. The summed E-state index contributed by atoms with van der Waals surface area (Å²) in [4.78, 5) is 2.84. The van der Waals surface area contributed by atoms with Gasteiger partial charge in [-0.2, -0.15) is 0 Å². The molecule has 24 heavy (non-hydrogen) atoms. The highest BCUT2D eigenvalue weighted by Crippen LogP contribution is 2.41. The number of hydrogen-bond acceptors (Lipinski definition) is 2. The van der Waals surface area contributed by atoms with Crippen LogP contribution in [0.5, 0.6) is 0 Å². The molecule has 0 spiro atoms. The predicted molar refractivity (Wildman–Crippen MR) is 120 cm³/mol. The maximum atomic E-state index is 5.66. The standard InChI is InChI=1S/C20H29BrS3/c1-3-5-7-9-12-16-17(13-10-8-6-4-2)20(21)23-19(16)18-14-11-15-24(18)22/h11,14-15H,3-10,12-13H2,1-2H3. The number of unbranched alkanes of at least 4 members (excludes halogenated alkanes) is 6. The van der Waals surface area contributed by atoms with Gasteiger partial charge < -0.3 is 0 Å². The molecule has 0 amide bonds. The summed E-state index contributed by atoms with van der Waals surface area (Å²) in [5, 5.41) is 2.17. The van der Waals surface area contributed by atoms with E-state index >= 15 is 0 Å². The minimum absolute atomic E-state index is 0.131. The van der Waals surface area contributed by atoms with Crippen LogP contribution in [0.3, 0.4) is 0 Å². The van der Waals surface area contributed by atoms with Gasteiger partial charge in [0.25, 0.3) is 0 Å². The Kier molecular flexibility index (Phi) is 9.46. The van der Waals surface area contributed by atoms with E-state index in [1.807, 2.05) is 11.3 Å². The van der Waals surface area contributed by atoms with Crippen molar-refractivity contribution in [2.45, 2.75) is 78.1 Å². The topological polar surface area (TPSA) is 0 Å². The van der Waals surface area contributed by atoms with Gasteiger partial charge in [-0.1, -0.05) is 67.9 Å². The highest BCUT2D eigenvalue weighted by Gasteiger charge is 2.21. The highest BCUT2D eigenvalue weighted by molar-refractivity contribution is 9.11. The van der Waals surface area contributed by atoms with E-state index in [1.54, 1.807) is 11.1 Å². The van der Waals surface area contributed by atoms with Crippen molar-refractivity contribution in [3.63, 3.8) is 0 Å². The van der Waals surface area contributed by atoms with E-state index in [9.17, 15) is 0 Å². The van der Waals surface area contributed by atoms with Gasteiger partial charge in [-0.3, -0.25) is 0 Å². The molecule has 0 fully saturated rings. The van der Waals surface area contributed by atoms with Gasteiger partial charge in [0.05, 0.1) is 3.79 Å². The van der Waals surface area contributed by atoms with Gasteiger partial charge in [-0.25, -0.2) is 0 Å². The molecule has 1 unspecified atom stereocenters. The van der Waals surface area contributed by atoms with Crippen molar-refractivity contribution in [2.75, 3.05) is 0 Å². The molecular formula is C20H29BrS3. The van der Waals surface area contributed by atoms with Gasteiger partial charge in [0, 0.05) is 9.78 Å². The van der Waals surface area contributed by atoms with Crippen LogP contribution in [0.25, 0.3) is 4.91 Å². The van der Waals surface area contributed by atoms with Crippen LogP contribution in [-0.4, -0.2) is 0 Å². The van der Waals surface area contributed by atoms with Crippen LogP contribution in [0.4, 0.5) is 0 Å². The average molecular weight is 446 g/mol. The van der Waals surface area contributed by atoms with Crippen LogP contribution in [-0.2, 0) is 33.5 Å². The summed E-state index contributed by atoms with van der Waals surface area (Å²) in [6.45, 7) is 4.56. The van der Waals surface area contributed by atoms with Crippen molar-refractivity contribution in [1.82, 2.24) is 0 Å². The molecule has 2 rings (SSSR count). The molecule has 0 nitrogen and oxygen atoms in total. The first-order valence-electron chi connectivity index (χ1n) is 9.28. The van der Waals surface area contributed by atoms with E-state index in [4.69, 9.17) is 11.2 Å². The van der Waals surface area contributed by atoms with Gasteiger partial charge in [0.1, 0.15) is 0 Å². The first-order chi connectivity index (χ1) is 11.7. The Balaban J connectivity index is 2.17. The molecule has 1 aliphatic heterocycles. The van der Waals surface area contributed by atoms with Crippen molar-refractivity contribution in [1.29, 1.82) is 0 Å². The third-order valence-corrected chi connectivity index (χ3v) is 8.76. The Morgan fingerprint density at radius 2 is 1.58 bits per heavy atom. The fourth-order valence-electron chi connectivity index (χ4n) is 3.14. The molecule has 2 heterocycles. The Labute approximate surface area is 167 Å². The van der Waals surface area contributed by atoms with Gasteiger partial charge in [0.15, 0.2) is 0 Å². The minimum Gasteiger partial charge on any atom is -0.127 e. The molecule has 1 aliphatic rings. The molecule has 1 aromatic rings. The fourth-order valence-corrected chi connectivity index (χ4v) is 7.16. The van der Waals surface area contributed by atoms with E-state index in [-0.39, 0.29) is 9.45 Å². The van der Waals surface area contributed by atoms with E-state index < -0.39 is 0 Å². The normalized spacial score (nSPS) is 16.8. The molecule has 4 heteroatoms. The second kappa shape index (κ2) is 11.1. The van der Waals surface area contributed by atoms with Gasteiger partial charge >= 0.3 is 0 Å². The lowest BCUT2D eigenvalue weighted by atomic mass is 9.98. The zero-order chi connectivity index (χ0) is 17.4. The molecule has 0 bridgehead atoms. The Morgan fingerprint density at radius 3 is 2.12 bits per heavy atom. The quantitative estimate of drug-likeness (QED) is 0.314. The van der Waals surface area contributed by atoms with Crippen LogP contribution in [0.2, 0.25) is 0 Å². The molecule has 1 aromatic heterocycles. The minimum atomic E-state index is -0.131. The van der Waals surface area contributed by atoms with Crippen molar-refractivity contribution < 1.29 is 0 Å². The number of hydrogen-bond donors (Lipinski definition) is 0. The summed E-state index contributed by atoms with van der Waals surface area (Å²) in [6, 6.07) is 0. The van der Waals surface area contributed by atoms with Gasteiger partial charge in [0.2, 0.25) is 0 Å². The van der Waals surface area contributed by atoms with Gasteiger partial charge in [-0.15, -0.1) is 11.3 Å². The lowest BCUT2D eigenvalue weighted by molar-refractivity contribution is 0.651. The Bertz CT molecular complexity index is 611. The summed E-state index contributed by atoms with van der Waals surface area (Å²) >= 11 is 11.4. The molecule has 0 saturated carbocycles. The summed E-state index contributed by atoms with van der Waals surface area (Å²) in [7, 11) is -0.131. The second-order valence-corrected chi connectivity index (χ2v) is 11.2. The number of thiophene rings is 1. The first-order valence-corrected chi connectivity index (χ1v) is 13.1. The van der Waals surface area contributed by atoms with Crippen LogP contribution in [0, 0.1) is 0 Å². The summed E-state index contributed by atoms with van der Waals surface area (Å²) in [5.41, 5.74) is 3.17. The largest absolute Gasteiger partial charge is 0.127 e. The molecule has 0 radical (unpaired) electrons. The molecule has 0 N–H and O–H groups in total. The lowest BCUT2D eigenvalue weighted by Gasteiger charge is -2.10. The van der Waals surface area contributed by atoms with Crippen molar-refractivity contribution in [2.24, 2.45) is 0 Å². The summed E-state index contributed by atoms with van der Waals surface area (Å²) < 4.78 is 1.35. The van der Waals surface area contributed by atoms with E-state index in [2.05, 4.69) is 47.3 Å². The lowest BCUT2D eigenvalue weighted by Crippen LogP contribution is -1.97. The Morgan fingerprint density at radius 1 is 0.958 bits per heavy atom. The van der Waals surface area contributed by atoms with E-state index in [1.165, 1.54) is 77.8 Å². The predicted octanol–water partition coefficient (Wildman–Crippen LogP) is 7.70. The third kappa shape index (κ3) is 5.62. The monoisotopic (exact) mass is 444 g/mol. The van der Waals surface area contributed by atoms with Crippen LogP contribution < -0.4 is 0 Å². The number of rotatable bonds is 11. The van der Waals surface area contributed by atoms with Gasteiger partial charge in [-0.05, 0) is 75.4 Å². The average Bonchev–Trinajstić information content (AvgIpc) is 3.12. The van der Waals surface area contributed by atoms with Crippen molar-refractivity contribution in [3.05, 3.63) is 37.4 Å². The highest BCUT2D eigenvalue weighted by atomic mass is 79.9. The molecule has 0 saturated heterocycles. The van der Waals surface area contributed by atoms with Crippen molar-refractivity contribution >= 4 is 52.8 Å². The molecule has 134 valence electrons. The number of halogens is 1. The SMILES string of the molecule is CCCCCCc1c(Br)sc(C2=CC=CS2=S)c1CCCCCC. The summed E-state index contributed by atoms with van der Waals surface area (Å²) in [6.07, 6.45) is 17.4. The Hall–Kier alpha value is 0.230. The summed E-state index contributed by atoms with van der Waals surface area (Å²) in [5.74, 6) is 0. The zero-order valence-electron chi connectivity index (χ0n) is 14.9. The maximum absolute atomic E-state index is 5.66. The first kappa shape index (κ1) is 20.5. The van der Waals surface area contributed by atoms with Crippen LogP contribution in [0.1, 0.15) is 81.2 Å². The molecule has 0 aromatic carbocycles. The molecule has 0 aliphatic carbocycles. The van der Waals surface area contributed by atoms with Crippen LogP contribution >= 0.6 is 27.3 Å². The second-order valence-electron chi connectivity index (χ2n) is 6.44.